The third kappa shape index (κ3) is 7.76. The van der Waals surface area contributed by atoms with Crippen molar-refractivity contribution in [3.05, 3.63) is 45.9 Å². The van der Waals surface area contributed by atoms with Crippen LogP contribution in [0.3, 0.4) is 0 Å². The Morgan fingerprint density at radius 3 is 2.33 bits per heavy atom. The minimum absolute atomic E-state index is 0.0147. The first-order valence-corrected chi connectivity index (χ1v) is 13.3. The molecule has 0 bridgehead atoms. The number of nitrogens with one attached hydrogen (secondary N) is 1. The molecule has 2 fully saturated rings. The Kier molecular flexibility index (Phi) is 8.96. The number of amidine groups is 1. The predicted molar refractivity (Wildman–Crippen MR) is 135 cm³/mol. The van der Waals surface area contributed by atoms with E-state index in [-0.39, 0.29) is 36.5 Å². The summed E-state index contributed by atoms with van der Waals surface area (Å²) in [6, 6.07) is 1.75. The number of alkyl halides is 6. The van der Waals surface area contributed by atoms with E-state index >= 15 is 0 Å². The van der Waals surface area contributed by atoms with E-state index in [0.717, 1.165) is 30.9 Å². The number of piperidine rings is 1. The number of hydrogen-bond donors (Lipinski definition) is 1. The van der Waals surface area contributed by atoms with Gasteiger partial charge < -0.3 is 15.1 Å². The maximum atomic E-state index is 13.5. The first-order chi connectivity index (χ1) is 18.3. The van der Waals surface area contributed by atoms with Gasteiger partial charge in [0.15, 0.2) is 0 Å². The topological polar surface area (TPSA) is 68.2 Å². The highest BCUT2D eigenvalue weighted by molar-refractivity contribution is 8.18. The predicted octanol–water partition coefficient (Wildman–Crippen LogP) is 4.45. The van der Waals surface area contributed by atoms with Gasteiger partial charge in [-0.3, -0.25) is 14.5 Å². The minimum Gasteiger partial charge on any atom is -0.360 e. The lowest BCUT2D eigenvalue weighted by molar-refractivity contribution is -0.143. The zero-order valence-electron chi connectivity index (χ0n) is 21.2. The Hall–Kier alpha value is -2.58. The van der Waals surface area contributed by atoms with E-state index in [0.29, 0.717) is 55.8 Å². The summed E-state index contributed by atoms with van der Waals surface area (Å²) >= 11 is 0.960. The van der Waals surface area contributed by atoms with Crippen molar-refractivity contribution in [3.8, 4) is 0 Å². The van der Waals surface area contributed by atoms with E-state index < -0.39 is 28.7 Å². The summed E-state index contributed by atoms with van der Waals surface area (Å²) in [6.07, 6.45) is -6.68. The maximum absolute atomic E-state index is 13.5. The molecule has 0 aliphatic carbocycles. The van der Waals surface area contributed by atoms with E-state index in [1.807, 2.05) is 13.1 Å². The van der Waals surface area contributed by atoms with Gasteiger partial charge in [0.2, 0.25) is 5.91 Å². The molecule has 0 unspecified atom stereocenters. The highest BCUT2D eigenvalue weighted by Crippen LogP contribution is 2.38. The van der Waals surface area contributed by atoms with Crippen molar-refractivity contribution >= 4 is 28.7 Å². The second-order valence-electron chi connectivity index (χ2n) is 9.88. The SMILES string of the molecule is CN1CCN(C(=O)CNC2=NC(=O)S/C2=C\C2CCN(Cc3ccc(C(F)(F)F)cc3C(F)(F)F)CC2)CC1. The monoisotopic (exact) mass is 577 g/mol. The van der Waals surface area contributed by atoms with E-state index in [1.165, 1.54) is 0 Å². The molecule has 3 aliphatic heterocycles. The molecule has 1 aromatic carbocycles. The van der Waals surface area contributed by atoms with Crippen LogP contribution >= 0.6 is 11.8 Å². The van der Waals surface area contributed by atoms with E-state index in [1.54, 1.807) is 9.80 Å². The van der Waals surface area contributed by atoms with Crippen molar-refractivity contribution in [2.45, 2.75) is 31.7 Å². The molecule has 14 heteroatoms. The molecular weight excluding hydrogens is 548 g/mol. The Bertz CT molecular complexity index is 1140. The van der Waals surface area contributed by atoms with Crippen molar-refractivity contribution in [1.29, 1.82) is 0 Å². The summed E-state index contributed by atoms with van der Waals surface area (Å²) in [5.41, 5.74) is -2.81. The second kappa shape index (κ2) is 11.9. The number of aliphatic imine (C=N–C) groups is 1. The number of likely N-dealkylation sites (tertiary alicyclic amines) is 1. The zero-order valence-corrected chi connectivity index (χ0v) is 22.1. The zero-order chi connectivity index (χ0) is 28.4. The molecule has 0 saturated carbocycles. The molecule has 4 rings (SSSR count). The average Bonchev–Trinajstić information content (AvgIpc) is 3.21. The number of allylic oxidation sites excluding steroid dienone is 1. The summed E-state index contributed by atoms with van der Waals surface area (Å²) in [5.74, 6) is 0.295. The minimum atomic E-state index is -4.90. The quantitative estimate of drug-likeness (QED) is 0.522. The van der Waals surface area contributed by atoms with Crippen molar-refractivity contribution in [2.24, 2.45) is 10.9 Å². The van der Waals surface area contributed by atoms with Gasteiger partial charge in [0.1, 0.15) is 5.84 Å². The molecule has 0 atom stereocenters. The number of likely N-dealkylation sites (N-methyl/N-ethyl adjacent to an activating group) is 1. The first-order valence-electron chi connectivity index (χ1n) is 12.5. The Labute approximate surface area is 226 Å². The van der Waals surface area contributed by atoms with Crippen molar-refractivity contribution in [2.75, 3.05) is 52.9 Å². The summed E-state index contributed by atoms with van der Waals surface area (Å²) in [6.45, 7) is 3.63. The number of carbonyl (C=O) groups is 2. The lowest BCUT2D eigenvalue weighted by atomic mass is 9.95. The molecule has 2 saturated heterocycles. The number of benzene rings is 1. The normalized spacial score (nSPS) is 21.5. The van der Waals surface area contributed by atoms with E-state index in [9.17, 15) is 35.9 Å². The molecule has 3 aliphatic rings. The number of rotatable bonds is 5. The molecule has 3 heterocycles. The molecule has 0 radical (unpaired) electrons. The van der Waals surface area contributed by atoms with Crippen LogP contribution in [0.1, 0.15) is 29.5 Å². The van der Waals surface area contributed by atoms with Gasteiger partial charge in [-0.25, -0.2) is 0 Å². The largest absolute Gasteiger partial charge is 0.416 e. The van der Waals surface area contributed by atoms with Crippen LogP contribution in [0.4, 0.5) is 31.1 Å². The number of thioether (sulfide) groups is 1. The molecule has 0 spiro atoms. The van der Waals surface area contributed by atoms with Crippen molar-refractivity contribution in [3.63, 3.8) is 0 Å². The number of halogens is 6. The number of nitrogens with zero attached hydrogens (tertiary/aromatic N) is 4. The van der Waals surface area contributed by atoms with Gasteiger partial charge in [0.05, 0.1) is 22.6 Å². The van der Waals surface area contributed by atoms with Gasteiger partial charge in [-0.15, -0.1) is 0 Å². The molecule has 2 amide bonds. The maximum Gasteiger partial charge on any atom is 0.416 e. The summed E-state index contributed by atoms with van der Waals surface area (Å²) in [7, 11) is 1.99. The van der Waals surface area contributed by atoms with Gasteiger partial charge in [-0.1, -0.05) is 12.1 Å². The van der Waals surface area contributed by atoms with Gasteiger partial charge >= 0.3 is 17.6 Å². The summed E-state index contributed by atoms with van der Waals surface area (Å²) < 4.78 is 79.4. The average molecular weight is 578 g/mol. The molecule has 7 nitrogen and oxygen atoms in total. The third-order valence-corrected chi connectivity index (χ3v) is 7.87. The Morgan fingerprint density at radius 2 is 1.72 bits per heavy atom. The van der Waals surface area contributed by atoms with Crippen LogP contribution in [0.25, 0.3) is 0 Å². The van der Waals surface area contributed by atoms with Crippen LogP contribution < -0.4 is 5.32 Å². The molecule has 0 aromatic heterocycles. The fraction of sp³-hybridized carbons (Fsp3) is 0.560. The highest BCUT2D eigenvalue weighted by atomic mass is 32.2. The van der Waals surface area contributed by atoms with Crippen LogP contribution in [-0.2, 0) is 23.7 Å². The smallest absolute Gasteiger partial charge is 0.360 e. The molecule has 1 N–H and O–H groups in total. The number of piperazine rings is 1. The van der Waals surface area contributed by atoms with Crippen LogP contribution in [0.15, 0.2) is 34.2 Å². The van der Waals surface area contributed by atoms with Gasteiger partial charge in [-0.05, 0) is 68.4 Å². The lowest BCUT2D eigenvalue weighted by Crippen LogP contribution is -2.50. The Morgan fingerprint density at radius 1 is 1.05 bits per heavy atom. The molecular formula is C25H29F6N5O2S. The van der Waals surface area contributed by atoms with Crippen LogP contribution in [0.2, 0.25) is 0 Å². The van der Waals surface area contributed by atoms with Crippen molar-refractivity contribution < 1.29 is 35.9 Å². The third-order valence-electron chi connectivity index (χ3n) is 7.05. The first kappa shape index (κ1) is 29.4. The molecule has 39 heavy (non-hydrogen) atoms. The standard InChI is InChI=1S/C25H29F6N5O2S/c1-34-8-10-36(11-9-34)21(37)14-32-22-20(39-23(38)33-22)12-16-4-6-35(7-5-16)15-17-2-3-18(24(26,27)28)13-19(17)25(29,30)31/h2-3,12-13,16H,4-11,14-15H2,1H3,(H,32,33,38)/b20-12-. The second-order valence-corrected chi connectivity index (χ2v) is 10.9. The van der Waals surface area contributed by atoms with Crippen LogP contribution in [0.5, 0.6) is 0 Å². The molecule has 214 valence electrons. The highest BCUT2D eigenvalue weighted by Gasteiger charge is 2.38. The van der Waals surface area contributed by atoms with Crippen LogP contribution in [-0.4, -0.2) is 84.5 Å². The lowest BCUT2D eigenvalue weighted by Gasteiger charge is -2.32. The Balaban J connectivity index is 1.33. The molecule has 1 aromatic rings. The summed E-state index contributed by atoms with van der Waals surface area (Å²) in [4.78, 5) is 34.8. The van der Waals surface area contributed by atoms with E-state index in [2.05, 4.69) is 15.2 Å². The van der Waals surface area contributed by atoms with Gasteiger partial charge in [-0.2, -0.15) is 31.3 Å². The van der Waals surface area contributed by atoms with Crippen molar-refractivity contribution in [1.82, 2.24) is 20.0 Å². The number of carbonyl (C=O) groups excluding carboxylic acids is 2. The fourth-order valence-corrected chi connectivity index (χ4v) is 5.57. The van der Waals surface area contributed by atoms with E-state index in [4.69, 9.17) is 0 Å². The fourth-order valence-electron chi connectivity index (χ4n) is 4.77. The van der Waals surface area contributed by atoms with Gasteiger partial charge in [0.25, 0.3) is 0 Å². The van der Waals surface area contributed by atoms with Gasteiger partial charge in [0, 0.05) is 32.7 Å². The summed E-state index contributed by atoms with van der Waals surface area (Å²) in [5, 5.41) is 2.58. The van der Waals surface area contributed by atoms with Crippen LogP contribution in [0, 0.1) is 5.92 Å². The number of amides is 2. The number of hydrogen-bond acceptors (Lipinski definition) is 6.